The topological polar surface area (TPSA) is 0 Å². The van der Waals surface area contributed by atoms with Crippen LogP contribution >= 0.6 is 0 Å². The van der Waals surface area contributed by atoms with Gasteiger partial charge in [0.05, 0.1) is 0 Å². The van der Waals surface area contributed by atoms with Gasteiger partial charge >= 0.3 is 118 Å². The fraction of sp³-hybridized carbons (Fsp3) is 1.00. The van der Waals surface area contributed by atoms with E-state index in [2.05, 4.69) is 6.92 Å². The summed E-state index contributed by atoms with van der Waals surface area (Å²) < 4.78 is 0. The molecule has 4 radical (unpaired) electrons. The normalized spacial score (nSPS) is 36.9. The molecule has 0 amide bonds. The monoisotopic (exact) mass is 516 g/mol. The van der Waals surface area contributed by atoms with Crippen molar-refractivity contribution in [2.75, 3.05) is 0 Å². The Morgan fingerprint density at radius 1 is 0.722 bits per heavy atom. The molecule has 0 atom stereocenters. The maximum atomic E-state index is 2.43. The number of hydrogen-bond donors (Lipinski definition) is 0. The minimum Gasteiger partial charge on any atom is 0 e. The molecule has 2 heteroatoms. The molecule has 0 aromatic heterocycles. The van der Waals surface area contributed by atoms with Gasteiger partial charge in [-0.25, -0.2) is 0 Å². The Kier molecular flexibility index (Phi) is 10.0. The van der Waals surface area contributed by atoms with Crippen molar-refractivity contribution >= 4 is 18.6 Å². The molecule has 0 spiro atoms. The van der Waals surface area contributed by atoms with Gasteiger partial charge in [0.1, 0.15) is 0 Å². The Morgan fingerprint density at radius 2 is 1.11 bits per heavy atom. The van der Waals surface area contributed by atoms with E-state index in [9.17, 15) is 0 Å². The number of rotatable bonds is 4. The van der Waals surface area contributed by atoms with Gasteiger partial charge in [-0.05, 0) is 0 Å². The van der Waals surface area contributed by atoms with Crippen LogP contribution in [0, 0.1) is 68.7 Å². The third-order valence-corrected chi connectivity index (χ3v) is 6.82. The SMILES string of the molecule is CC1CCC(CCC2CCC([CH2][Ga])CC2)CC1.[Ra]. The first kappa shape index (κ1) is 18.2. The summed E-state index contributed by atoms with van der Waals surface area (Å²) in [4.78, 5) is 1.49. The summed E-state index contributed by atoms with van der Waals surface area (Å²) in [6, 6.07) is 0. The van der Waals surface area contributed by atoms with Crippen LogP contribution in [0.3, 0.4) is 0 Å². The van der Waals surface area contributed by atoms with E-state index in [1.165, 1.54) is 30.7 Å². The van der Waals surface area contributed by atoms with Crippen LogP contribution in [0.4, 0.5) is 0 Å². The maximum Gasteiger partial charge on any atom is 0 e. The molecule has 0 aromatic rings. The molecule has 0 bridgehead atoms. The molecule has 98 valence electrons. The average molecular weight is 517 g/mol. The van der Waals surface area contributed by atoms with Gasteiger partial charge in [0, 0.05) is 45.0 Å². The second-order valence-corrected chi connectivity index (χ2v) is 7.81. The predicted molar refractivity (Wildman–Crippen MR) is 76.4 cm³/mol. The molecule has 0 heterocycles. The van der Waals surface area contributed by atoms with Crippen LogP contribution in [0.15, 0.2) is 0 Å². The van der Waals surface area contributed by atoms with Crippen molar-refractivity contribution in [3.05, 3.63) is 0 Å². The van der Waals surface area contributed by atoms with Crippen LogP contribution in [-0.2, 0) is 0 Å². The average Bonchev–Trinajstić information content (AvgIpc) is 2.39. The van der Waals surface area contributed by atoms with E-state index in [0.717, 1.165) is 23.7 Å². The second-order valence-electron chi connectivity index (χ2n) is 6.83. The largest absolute Gasteiger partial charge is 0 e. The molecule has 2 saturated carbocycles. The molecule has 0 aliphatic heterocycles. The van der Waals surface area contributed by atoms with Gasteiger partial charge in [0.25, 0.3) is 0 Å². The quantitative estimate of drug-likeness (QED) is 0.462. The standard InChI is InChI=1S/C16H29.Ga.Ra/c1-13-3-7-15(8-4-13)11-12-16-9-5-14(2)6-10-16;;/h13-16H,1,3-12H2,2H3;;. The molecule has 2 aliphatic rings. The summed E-state index contributed by atoms with van der Waals surface area (Å²) in [5, 5.41) is 0. The zero-order chi connectivity index (χ0) is 12.1. The molecular formula is C16H29GaRa. The van der Waals surface area contributed by atoms with Crippen LogP contribution in [0.5, 0.6) is 0 Å². The van der Waals surface area contributed by atoms with Gasteiger partial charge in [-0.1, -0.05) is 0 Å². The van der Waals surface area contributed by atoms with Crippen molar-refractivity contribution in [3.63, 3.8) is 0 Å². The van der Waals surface area contributed by atoms with Crippen LogP contribution in [0.1, 0.15) is 71.1 Å². The van der Waals surface area contributed by atoms with Gasteiger partial charge in [0.15, 0.2) is 0 Å². The van der Waals surface area contributed by atoms with Crippen LogP contribution in [0.25, 0.3) is 0 Å². The molecule has 2 rings (SSSR count). The van der Waals surface area contributed by atoms with Gasteiger partial charge in [-0.2, -0.15) is 0 Å². The van der Waals surface area contributed by atoms with Crippen LogP contribution < -0.4 is 0 Å². The number of hydrogen-bond acceptors (Lipinski definition) is 0. The summed E-state index contributed by atoms with van der Waals surface area (Å²) in [5.41, 5.74) is 0. The molecule has 2 aliphatic carbocycles. The van der Waals surface area contributed by atoms with Gasteiger partial charge < -0.3 is 0 Å². The Hall–Kier alpha value is 2.10. The van der Waals surface area contributed by atoms with Crippen molar-refractivity contribution in [2.24, 2.45) is 23.7 Å². The molecule has 0 nitrogen and oxygen atoms in total. The van der Waals surface area contributed by atoms with Crippen molar-refractivity contribution in [3.8, 4) is 0 Å². The van der Waals surface area contributed by atoms with E-state index in [-0.39, 0.29) is 45.0 Å². The summed E-state index contributed by atoms with van der Waals surface area (Å²) >= 11 is 1.95. The van der Waals surface area contributed by atoms with E-state index >= 15 is 0 Å². The second kappa shape index (κ2) is 9.94. The van der Waals surface area contributed by atoms with E-state index in [1.54, 1.807) is 38.5 Å². The summed E-state index contributed by atoms with van der Waals surface area (Å²) in [5.74, 6) is 4.32. The predicted octanol–water partition coefficient (Wildman–Crippen LogP) is 4.99. The fourth-order valence-corrected chi connectivity index (χ4v) is 4.83. The van der Waals surface area contributed by atoms with Gasteiger partial charge in [0.2, 0.25) is 0 Å². The van der Waals surface area contributed by atoms with Crippen molar-refractivity contribution in [1.82, 2.24) is 0 Å². The van der Waals surface area contributed by atoms with E-state index in [4.69, 9.17) is 0 Å². The van der Waals surface area contributed by atoms with E-state index < -0.39 is 0 Å². The minimum absolute atomic E-state index is 0. The molecule has 2 fully saturated rings. The van der Waals surface area contributed by atoms with E-state index in [1.807, 2.05) is 18.6 Å². The third kappa shape index (κ3) is 6.25. The Morgan fingerprint density at radius 3 is 1.56 bits per heavy atom. The zero-order valence-electron chi connectivity index (χ0n) is 12.4. The Labute approximate surface area is 161 Å². The smallest absolute Gasteiger partial charge is 0 e. The van der Waals surface area contributed by atoms with Gasteiger partial charge in [-0.15, -0.1) is 0 Å². The summed E-state index contributed by atoms with van der Waals surface area (Å²) in [7, 11) is 0. The third-order valence-electron chi connectivity index (χ3n) is 5.42. The van der Waals surface area contributed by atoms with Crippen molar-refractivity contribution in [1.29, 1.82) is 0 Å². The molecule has 18 heavy (non-hydrogen) atoms. The molecule has 0 saturated heterocycles. The fourth-order valence-electron chi connectivity index (χ4n) is 3.85. The van der Waals surface area contributed by atoms with Crippen LogP contribution in [-0.4, -0.2) is 18.6 Å². The van der Waals surface area contributed by atoms with E-state index in [0.29, 0.717) is 0 Å². The van der Waals surface area contributed by atoms with Gasteiger partial charge in [-0.3, -0.25) is 0 Å². The summed E-state index contributed by atoms with van der Waals surface area (Å²) in [6.07, 6.45) is 15.4. The van der Waals surface area contributed by atoms with Crippen molar-refractivity contribution in [2.45, 2.75) is 76.1 Å². The molecule has 0 N–H and O–H groups in total. The van der Waals surface area contributed by atoms with Crippen molar-refractivity contribution < 1.29 is 45.0 Å². The first-order valence-electron chi connectivity index (χ1n) is 7.98. The maximum absolute atomic E-state index is 2.43. The van der Waals surface area contributed by atoms with Crippen LogP contribution in [0.2, 0.25) is 4.98 Å². The Bertz CT molecular complexity index is 203. The first-order valence-corrected chi connectivity index (χ1v) is 9.69. The minimum atomic E-state index is 0. The zero-order valence-corrected chi connectivity index (χ0v) is 20.6. The first-order chi connectivity index (χ1) is 8.28. The summed E-state index contributed by atoms with van der Waals surface area (Å²) in [6.45, 7) is 2.43. The molecule has 0 unspecified atom stereocenters. The Balaban J connectivity index is 0.00000162. The molecular weight excluding hydrogens is 488 g/mol. The molecule has 0 aromatic carbocycles.